The summed E-state index contributed by atoms with van der Waals surface area (Å²) >= 11 is 18.7. The van der Waals surface area contributed by atoms with Crippen molar-refractivity contribution in [2.24, 2.45) is 0 Å². The minimum atomic E-state index is -4.25. The molecule has 0 heterocycles. The zero-order valence-corrected chi connectivity index (χ0v) is 24.9. The van der Waals surface area contributed by atoms with Gasteiger partial charge in [-0.2, -0.15) is 0 Å². The van der Waals surface area contributed by atoms with Crippen molar-refractivity contribution in [1.29, 1.82) is 0 Å². The number of anilines is 1. The first kappa shape index (κ1) is 30.8. The predicted octanol–water partition coefficient (Wildman–Crippen LogP) is 6.17. The summed E-state index contributed by atoms with van der Waals surface area (Å²) in [6.45, 7) is 4.88. The molecule has 208 valence electrons. The van der Waals surface area contributed by atoms with Gasteiger partial charge in [0.15, 0.2) is 0 Å². The second-order valence-corrected chi connectivity index (χ2v) is 12.2. The predicted molar refractivity (Wildman–Crippen MR) is 157 cm³/mol. The van der Waals surface area contributed by atoms with Gasteiger partial charge in [0.2, 0.25) is 11.8 Å². The lowest BCUT2D eigenvalue weighted by Crippen LogP contribution is -2.53. The Kier molecular flexibility index (Phi) is 10.7. The van der Waals surface area contributed by atoms with E-state index in [0.717, 1.165) is 9.87 Å². The quantitative estimate of drug-likeness (QED) is 0.281. The van der Waals surface area contributed by atoms with Crippen LogP contribution in [0, 0.1) is 0 Å². The van der Waals surface area contributed by atoms with Crippen LogP contribution < -0.4 is 9.62 Å². The number of nitrogens with zero attached hydrogens (tertiary/aromatic N) is 2. The van der Waals surface area contributed by atoms with Gasteiger partial charge < -0.3 is 10.2 Å². The molecule has 0 bridgehead atoms. The molecular formula is C28H30Cl3N3O4S. The summed E-state index contributed by atoms with van der Waals surface area (Å²) in [5.41, 5.74) is 0.772. The standard InChI is InChI=1S/C28H30Cl3N3O4S/c1-4-24(28(36)32-19(2)3)33(17-20-13-15-21(29)16-14-20)26(35)18-34(25-12-8-11-23(30)27(25)31)39(37,38)22-9-6-5-7-10-22/h5-16,19,24H,4,17-18H2,1-3H3,(H,32,36). The first-order chi connectivity index (χ1) is 18.4. The van der Waals surface area contributed by atoms with Gasteiger partial charge in [0.05, 0.1) is 20.6 Å². The van der Waals surface area contributed by atoms with Gasteiger partial charge in [0.25, 0.3) is 10.0 Å². The van der Waals surface area contributed by atoms with Gasteiger partial charge in [-0.3, -0.25) is 13.9 Å². The number of sulfonamides is 1. The Morgan fingerprint density at radius 3 is 2.13 bits per heavy atom. The lowest BCUT2D eigenvalue weighted by Gasteiger charge is -2.33. The molecule has 7 nitrogen and oxygen atoms in total. The van der Waals surface area contributed by atoms with Crippen LogP contribution in [0.5, 0.6) is 0 Å². The average Bonchev–Trinajstić information content (AvgIpc) is 2.90. The molecule has 0 aliphatic rings. The van der Waals surface area contributed by atoms with E-state index in [-0.39, 0.29) is 39.1 Å². The van der Waals surface area contributed by atoms with E-state index in [2.05, 4.69) is 5.32 Å². The number of carbonyl (C=O) groups is 2. The molecule has 3 aromatic rings. The normalized spacial score (nSPS) is 12.2. The van der Waals surface area contributed by atoms with Crippen LogP contribution in [0.25, 0.3) is 0 Å². The number of nitrogens with one attached hydrogen (secondary N) is 1. The first-order valence-corrected chi connectivity index (χ1v) is 14.9. The Balaban J connectivity index is 2.09. The molecule has 2 amide bonds. The zero-order chi connectivity index (χ0) is 28.7. The minimum Gasteiger partial charge on any atom is -0.352 e. The summed E-state index contributed by atoms with van der Waals surface area (Å²) in [6.07, 6.45) is 0.307. The summed E-state index contributed by atoms with van der Waals surface area (Å²) in [6, 6.07) is 18.2. The van der Waals surface area contributed by atoms with E-state index in [1.54, 1.807) is 55.5 Å². The van der Waals surface area contributed by atoms with E-state index >= 15 is 0 Å². The fourth-order valence-electron chi connectivity index (χ4n) is 4.00. The van der Waals surface area contributed by atoms with E-state index in [0.29, 0.717) is 11.4 Å². The fraction of sp³-hybridized carbons (Fsp3) is 0.286. The highest BCUT2D eigenvalue weighted by Gasteiger charge is 2.34. The molecule has 1 unspecified atom stereocenters. The van der Waals surface area contributed by atoms with Crippen molar-refractivity contribution < 1.29 is 18.0 Å². The van der Waals surface area contributed by atoms with Crippen molar-refractivity contribution >= 4 is 62.3 Å². The van der Waals surface area contributed by atoms with Crippen molar-refractivity contribution in [2.45, 2.75) is 50.7 Å². The molecule has 0 spiro atoms. The largest absolute Gasteiger partial charge is 0.352 e. The third kappa shape index (κ3) is 7.66. The van der Waals surface area contributed by atoms with Crippen LogP contribution in [0.2, 0.25) is 15.1 Å². The van der Waals surface area contributed by atoms with E-state index in [1.165, 1.54) is 29.2 Å². The molecule has 0 aliphatic carbocycles. The molecule has 0 saturated heterocycles. The highest BCUT2D eigenvalue weighted by atomic mass is 35.5. The van der Waals surface area contributed by atoms with E-state index in [9.17, 15) is 18.0 Å². The molecule has 3 aromatic carbocycles. The van der Waals surface area contributed by atoms with Crippen LogP contribution in [-0.2, 0) is 26.2 Å². The summed E-state index contributed by atoms with van der Waals surface area (Å²) in [5, 5.41) is 3.50. The Morgan fingerprint density at radius 2 is 1.54 bits per heavy atom. The maximum absolute atomic E-state index is 14.0. The van der Waals surface area contributed by atoms with Crippen LogP contribution in [0.3, 0.4) is 0 Å². The van der Waals surface area contributed by atoms with Crippen LogP contribution in [0.15, 0.2) is 77.7 Å². The topological polar surface area (TPSA) is 86.8 Å². The van der Waals surface area contributed by atoms with E-state index in [1.807, 2.05) is 13.8 Å². The highest BCUT2D eigenvalue weighted by molar-refractivity contribution is 7.92. The summed E-state index contributed by atoms with van der Waals surface area (Å²) in [7, 11) is -4.25. The molecule has 0 aromatic heterocycles. The Morgan fingerprint density at radius 1 is 0.897 bits per heavy atom. The molecule has 0 radical (unpaired) electrons. The number of amides is 2. The van der Waals surface area contributed by atoms with Crippen molar-refractivity contribution in [1.82, 2.24) is 10.2 Å². The number of benzene rings is 3. The van der Waals surface area contributed by atoms with Gasteiger partial charge in [-0.05, 0) is 62.2 Å². The maximum Gasteiger partial charge on any atom is 0.264 e. The lowest BCUT2D eigenvalue weighted by atomic mass is 10.1. The van der Waals surface area contributed by atoms with Gasteiger partial charge in [0.1, 0.15) is 12.6 Å². The Labute approximate surface area is 244 Å². The van der Waals surface area contributed by atoms with Crippen molar-refractivity contribution in [3.8, 4) is 0 Å². The summed E-state index contributed by atoms with van der Waals surface area (Å²) < 4.78 is 28.6. The lowest BCUT2D eigenvalue weighted by molar-refractivity contribution is -0.140. The fourth-order valence-corrected chi connectivity index (χ4v) is 6.03. The Hall–Kier alpha value is -2.78. The number of hydrogen-bond acceptors (Lipinski definition) is 4. The van der Waals surface area contributed by atoms with Crippen LogP contribution >= 0.6 is 34.8 Å². The van der Waals surface area contributed by atoms with E-state index in [4.69, 9.17) is 34.8 Å². The van der Waals surface area contributed by atoms with Gasteiger partial charge in [-0.25, -0.2) is 8.42 Å². The van der Waals surface area contributed by atoms with Crippen LogP contribution in [0.4, 0.5) is 5.69 Å². The smallest absolute Gasteiger partial charge is 0.264 e. The van der Waals surface area contributed by atoms with Crippen molar-refractivity contribution in [3.63, 3.8) is 0 Å². The molecule has 1 atom stereocenters. The monoisotopic (exact) mass is 609 g/mol. The minimum absolute atomic E-state index is 0.0136. The zero-order valence-electron chi connectivity index (χ0n) is 21.8. The second-order valence-electron chi connectivity index (χ2n) is 9.13. The van der Waals surface area contributed by atoms with Crippen LogP contribution in [-0.4, -0.2) is 43.8 Å². The molecule has 0 aliphatic heterocycles. The maximum atomic E-state index is 14.0. The number of halogens is 3. The Bertz CT molecular complexity index is 1400. The third-order valence-electron chi connectivity index (χ3n) is 5.89. The van der Waals surface area contributed by atoms with Crippen molar-refractivity contribution in [3.05, 3.63) is 93.4 Å². The average molecular weight is 611 g/mol. The number of hydrogen-bond donors (Lipinski definition) is 1. The van der Waals surface area contributed by atoms with Gasteiger partial charge in [0, 0.05) is 17.6 Å². The molecule has 0 saturated carbocycles. The molecule has 39 heavy (non-hydrogen) atoms. The summed E-state index contributed by atoms with van der Waals surface area (Å²) in [4.78, 5) is 28.5. The molecule has 1 N–H and O–H groups in total. The molecule has 0 fully saturated rings. The number of carbonyl (C=O) groups excluding carboxylic acids is 2. The second kappa shape index (κ2) is 13.5. The third-order valence-corrected chi connectivity index (χ3v) is 8.73. The summed E-state index contributed by atoms with van der Waals surface area (Å²) in [5.74, 6) is -0.931. The van der Waals surface area contributed by atoms with Gasteiger partial charge >= 0.3 is 0 Å². The molecular weight excluding hydrogens is 581 g/mol. The van der Waals surface area contributed by atoms with Crippen molar-refractivity contribution in [2.75, 3.05) is 10.8 Å². The molecule has 3 rings (SSSR count). The van der Waals surface area contributed by atoms with Gasteiger partial charge in [-0.15, -0.1) is 0 Å². The van der Waals surface area contributed by atoms with E-state index < -0.39 is 28.5 Å². The van der Waals surface area contributed by atoms with Gasteiger partial charge in [-0.1, -0.05) is 78.1 Å². The number of rotatable bonds is 11. The van der Waals surface area contributed by atoms with Crippen LogP contribution in [0.1, 0.15) is 32.8 Å². The first-order valence-electron chi connectivity index (χ1n) is 12.3. The SMILES string of the molecule is CCC(C(=O)NC(C)C)N(Cc1ccc(Cl)cc1)C(=O)CN(c1cccc(Cl)c1Cl)S(=O)(=O)c1ccccc1. The molecule has 11 heteroatoms. The highest BCUT2D eigenvalue weighted by Crippen LogP contribution is 2.35.